The fourth-order valence-corrected chi connectivity index (χ4v) is 2.12. The fourth-order valence-electron chi connectivity index (χ4n) is 1.98. The molecule has 0 aliphatic heterocycles. The molecule has 0 aliphatic carbocycles. The van der Waals surface area contributed by atoms with Gasteiger partial charge in [0.25, 0.3) is 0 Å². The number of halogens is 2. The summed E-state index contributed by atoms with van der Waals surface area (Å²) in [5, 5.41) is 12.3. The Morgan fingerprint density at radius 1 is 1.43 bits per heavy atom. The summed E-state index contributed by atoms with van der Waals surface area (Å²) in [5.74, 6) is -0.447. The third-order valence-electron chi connectivity index (χ3n) is 3.07. The minimum Gasteiger partial charge on any atom is -0.392 e. The summed E-state index contributed by atoms with van der Waals surface area (Å²) in [6.07, 6.45) is 1.41. The van der Waals surface area contributed by atoms with Crippen LogP contribution in [0.1, 0.15) is 18.1 Å². The van der Waals surface area contributed by atoms with Crippen LogP contribution in [0.15, 0.2) is 24.4 Å². The third-order valence-corrected chi connectivity index (χ3v) is 3.48. The number of aromatic nitrogens is 1. The van der Waals surface area contributed by atoms with Gasteiger partial charge in [0.15, 0.2) is 0 Å². The Labute approximate surface area is 126 Å². The first kappa shape index (κ1) is 15.4. The van der Waals surface area contributed by atoms with Gasteiger partial charge in [-0.2, -0.15) is 0 Å². The number of amides is 1. The van der Waals surface area contributed by atoms with Gasteiger partial charge < -0.3 is 10.4 Å². The number of pyridine rings is 1. The molecule has 0 aliphatic rings. The van der Waals surface area contributed by atoms with Crippen LogP contribution < -0.4 is 5.32 Å². The van der Waals surface area contributed by atoms with E-state index in [2.05, 4.69) is 10.3 Å². The molecule has 1 heterocycles. The van der Waals surface area contributed by atoms with Crippen LogP contribution in [-0.2, 0) is 11.4 Å². The van der Waals surface area contributed by atoms with Crippen molar-refractivity contribution in [1.29, 1.82) is 0 Å². The average molecular weight is 309 g/mol. The first-order valence-corrected chi connectivity index (χ1v) is 6.64. The summed E-state index contributed by atoms with van der Waals surface area (Å²) < 4.78 is 14.4. The van der Waals surface area contributed by atoms with Crippen LogP contribution in [0.4, 0.5) is 10.2 Å². The molecule has 21 heavy (non-hydrogen) atoms. The van der Waals surface area contributed by atoms with Crippen molar-refractivity contribution in [3.63, 3.8) is 0 Å². The molecule has 1 aromatic heterocycles. The van der Waals surface area contributed by atoms with E-state index in [1.54, 1.807) is 13.0 Å². The lowest BCUT2D eigenvalue weighted by Crippen LogP contribution is -2.08. The van der Waals surface area contributed by atoms with Crippen LogP contribution in [0.3, 0.4) is 0 Å². The van der Waals surface area contributed by atoms with Crippen molar-refractivity contribution in [3.05, 3.63) is 46.4 Å². The van der Waals surface area contributed by atoms with Gasteiger partial charge in [-0.15, -0.1) is 0 Å². The first-order valence-electron chi connectivity index (χ1n) is 6.26. The largest absolute Gasteiger partial charge is 0.392 e. The monoisotopic (exact) mass is 308 g/mol. The molecule has 0 saturated carbocycles. The fraction of sp³-hybridized carbons (Fsp3) is 0.200. The van der Waals surface area contributed by atoms with Crippen LogP contribution >= 0.6 is 11.6 Å². The van der Waals surface area contributed by atoms with Gasteiger partial charge in [0.1, 0.15) is 11.6 Å². The van der Waals surface area contributed by atoms with Crippen LogP contribution in [0.2, 0.25) is 5.02 Å². The number of benzene rings is 1. The van der Waals surface area contributed by atoms with E-state index in [1.807, 2.05) is 0 Å². The van der Waals surface area contributed by atoms with E-state index in [9.17, 15) is 14.3 Å². The van der Waals surface area contributed by atoms with Crippen molar-refractivity contribution in [2.75, 3.05) is 5.32 Å². The van der Waals surface area contributed by atoms with Gasteiger partial charge in [-0.1, -0.05) is 11.6 Å². The Morgan fingerprint density at radius 3 is 2.76 bits per heavy atom. The Morgan fingerprint density at radius 2 is 2.14 bits per heavy atom. The minimum absolute atomic E-state index is 0.280. The van der Waals surface area contributed by atoms with E-state index in [4.69, 9.17) is 11.6 Å². The standard InChI is InChI=1S/C15H14ClFN2O2/c1-8-13(16)4-3-11(15(8)17)12-5-14(19-9(2)21)18-6-10(12)7-20/h3-6,20H,7H2,1-2H3,(H,18,19,21). The van der Waals surface area contributed by atoms with E-state index in [0.29, 0.717) is 33.1 Å². The quantitative estimate of drug-likeness (QED) is 0.914. The van der Waals surface area contributed by atoms with E-state index >= 15 is 0 Å². The smallest absolute Gasteiger partial charge is 0.222 e. The zero-order valence-corrected chi connectivity index (χ0v) is 12.3. The molecule has 1 amide bonds. The predicted molar refractivity (Wildman–Crippen MR) is 79.6 cm³/mol. The SMILES string of the molecule is CC(=O)Nc1cc(-c2ccc(Cl)c(C)c2F)c(CO)cn1. The molecule has 2 N–H and O–H groups in total. The second-order valence-corrected chi connectivity index (χ2v) is 5.01. The van der Waals surface area contributed by atoms with E-state index in [0.717, 1.165) is 0 Å². The second-order valence-electron chi connectivity index (χ2n) is 4.60. The molecule has 2 rings (SSSR count). The maximum Gasteiger partial charge on any atom is 0.222 e. The van der Waals surface area contributed by atoms with Crippen LogP contribution in [0.25, 0.3) is 11.1 Å². The molecule has 0 spiro atoms. The highest BCUT2D eigenvalue weighted by Gasteiger charge is 2.15. The number of nitrogens with zero attached hydrogens (tertiary/aromatic N) is 1. The van der Waals surface area contributed by atoms with Crippen molar-refractivity contribution >= 4 is 23.3 Å². The molecule has 0 saturated heterocycles. The Hall–Kier alpha value is -1.98. The highest BCUT2D eigenvalue weighted by molar-refractivity contribution is 6.31. The van der Waals surface area contributed by atoms with Gasteiger partial charge in [0.05, 0.1) is 6.61 Å². The van der Waals surface area contributed by atoms with Crippen molar-refractivity contribution in [1.82, 2.24) is 4.98 Å². The molecule has 6 heteroatoms. The number of carbonyl (C=O) groups excluding carboxylic acids is 1. The zero-order chi connectivity index (χ0) is 15.6. The van der Waals surface area contributed by atoms with Gasteiger partial charge in [-0.05, 0) is 30.7 Å². The number of carbonyl (C=O) groups is 1. The van der Waals surface area contributed by atoms with Crippen LogP contribution in [0.5, 0.6) is 0 Å². The summed E-state index contributed by atoms with van der Waals surface area (Å²) in [5.41, 5.74) is 1.56. The topological polar surface area (TPSA) is 62.2 Å². The molecular formula is C15H14ClFN2O2. The Bertz CT molecular complexity index is 704. The molecule has 0 atom stereocenters. The molecule has 1 aromatic carbocycles. The predicted octanol–water partition coefficient (Wildman–Crippen LogP) is 3.30. The number of aliphatic hydroxyl groups excluding tert-OH is 1. The maximum absolute atomic E-state index is 14.4. The zero-order valence-electron chi connectivity index (χ0n) is 11.6. The molecule has 0 radical (unpaired) electrons. The van der Waals surface area contributed by atoms with Crippen LogP contribution in [0, 0.1) is 12.7 Å². The van der Waals surface area contributed by atoms with Gasteiger partial charge in [0.2, 0.25) is 5.91 Å². The van der Waals surface area contributed by atoms with Gasteiger partial charge in [-0.25, -0.2) is 9.37 Å². The number of hydrogen-bond acceptors (Lipinski definition) is 3. The number of aliphatic hydroxyl groups is 1. The normalized spacial score (nSPS) is 10.5. The Balaban J connectivity index is 2.61. The molecular weight excluding hydrogens is 295 g/mol. The molecule has 0 unspecified atom stereocenters. The van der Waals surface area contributed by atoms with Gasteiger partial charge >= 0.3 is 0 Å². The van der Waals surface area contributed by atoms with Crippen LogP contribution in [-0.4, -0.2) is 16.0 Å². The number of nitrogens with one attached hydrogen (secondary N) is 1. The average Bonchev–Trinajstić information content (AvgIpc) is 2.44. The third kappa shape index (κ3) is 3.20. The molecule has 0 fully saturated rings. The molecule has 110 valence electrons. The minimum atomic E-state index is -0.461. The lowest BCUT2D eigenvalue weighted by Gasteiger charge is -2.12. The molecule has 2 aromatic rings. The number of rotatable bonds is 3. The molecule has 0 bridgehead atoms. The van der Waals surface area contributed by atoms with Gasteiger partial charge in [-0.3, -0.25) is 4.79 Å². The van der Waals surface area contributed by atoms with E-state index in [-0.39, 0.29) is 12.5 Å². The summed E-state index contributed by atoms with van der Waals surface area (Å²) >= 11 is 5.89. The number of hydrogen-bond donors (Lipinski definition) is 2. The summed E-state index contributed by atoms with van der Waals surface area (Å²) in [6.45, 7) is 2.65. The van der Waals surface area contributed by atoms with E-state index < -0.39 is 5.82 Å². The maximum atomic E-state index is 14.4. The summed E-state index contributed by atoms with van der Waals surface area (Å²) in [7, 11) is 0. The van der Waals surface area contributed by atoms with Crippen molar-refractivity contribution in [2.45, 2.75) is 20.5 Å². The summed E-state index contributed by atoms with van der Waals surface area (Å²) in [4.78, 5) is 15.1. The van der Waals surface area contributed by atoms with Gasteiger partial charge in [0, 0.05) is 34.8 Å². The first-order chi connectivity index (χ1) is 9.93. The molecule has 4 nitrogen and oxygen atoms in total. The lowest BCUT2D eigenvalue weighted by molar-refractivity contribution is -0.114. The summed E-state index contributed by atoms with van der Waals surface area (Å²) in [6, 6.07) is 4.66. The highest BCUT2D eigenvalue weighted by Crippen LogP contribution is 2.32. The van der Waals surface area contributed by atoms with Crippen molar-refractivity contribution < 1.29 is 14.3 Å². The highest BCUT2D eigenvalue weighted by atomic mass is 35.5. The van der Waals surface area contributed by atoms with Crippen molar-refractivity contribution in [3.8, 4) is 11.1 Å². The van der Waals surface area contributed by atoms with Crippen molar-refractivity contribution in [2.24, 2.45) is 0 Å². The Kier molecular flexibility index (Phi) is 4.55. The lowest BCUT2D eigenvalue weighted by atomic mass is 9.99. The number of anilines is 1. The second kappa shape index (κ2) is 6.20. The van der Waals surface area contributed by atoms with E-state index in [1.165, 1.54) is 25.3 Å².